The third kappa shape index (κ3) is 2.83. The number of rotatable bonds is 5. The Hall–Kier alpha value is -3.22. The second kappa shape index (κ2) is 6.11. The van der Waals surface area contributed by atoms with E-state index in [9.17, 15) is 0 Å². The Morgan fingerprint density at radius 2 is 1.96 bits per heavy atom. The average Bonchev–Trinajstić information content (AvgIpc) is 3.19. The van der Waals surface area contributed by atoms with Crippen LogP contribution >= 0.6 is 0 Å². The lowest BCUT2D eigenvalue weighted by molar-refractivity contribution is 0.384. The molecule has 0 aliphatic heterocycles. The lowest BCUT2D eigenvalue weighted by Crippen LogP contribution is -2.01. The molecule has 4 aromatic rings. The second-order valence-corrected chi connectivity index (χ2v) is 5.50. The summed E-state index contributed by atoms with van der Waals surface area (Å²) < 4.78 is 7.11. The van der Waals surface area contributed by atoms with Crippen LogP contribution in [0.2, 0.25) is 0 Å². The molecule has 3 aromatic heterocycles. The molecule has 0 amide bonds. The predicted molar refractivity (Wildman–Crippen MR) is 89.4 cm³/mol. The summed E-state index contributed by atoms with van der Waals surface area (Å²) in [5.41, 5.74) is 3.50. The minimum Gasteiger partial charge on any atom is -0.361 e. The summed E-state index contributed by atoms with van der Waals surface area (Å²) in [6, 6.07) is 12.1. The zero-order valence-electron chi connectivity index (χ0n) is 13.2. The van der Waals surface area contributed by atoms with Gasteiger partial charge in [0, 0.05) is 31.9 Å². The fourth-order valence-corrected chi connectivity index (χ4v) is 2.59. The van der Waals surface area contributed by atoms with Gasteiger partial charge in [-0.05, 0) is 5.56 Å². The van der Waals surface area contributed by atoms with E-state index in [0.717, 1.165) is 29.0 Å². The maximum atomic E-state index is 5.41. The molecule has 0 saturated heterocycles. The Labute approximate surface area is 138 Å². The average molecular weight is 320 g/mol. The highest BCUT2D eigenvalue weighted by Gasteiger charge is 2.11. The van der Waals surface area contributed by atoms with Crippen molar-refractivity contribution < 1.29 is 4.52 Å². The van der Waals surface area contributed by atoms with Gasteiger partial charge in [-0.1, -0.05) is 35.5 Å². The summed E-state index contributed by atoms with van der Waals surface area (Å²) in [6.07, 6.45) is 4.04. The topological polar surface area (TPSA) is 81.7 Å². The molecule has 0 radical (unpaired) electrons. The van der Waals surface area contributed by atoms with E-state index in [2.05, 4.69) is 37.7 Å². The van der Waals surface area contributed by atoms with E-state index in [4.69, 9.17) is 4.52 Å². The van der Waals surface area contributed by atoms with Crippen LogP contribution in [-0.2, 0) is 20.0 Å². The number of benzene rings is 1. The zero-order valence-corrected chi connectivity index (χ0v) is 13.2. The zero-order chi connectivity index (χ0) is 16.4. The van der Waals surface area contributed by atoms with Crippen molar-refractivity contribution in [2.24, 2.45) is 7.05 Å². The Morgan fingerprint density at radius 1 is 1.12 bits per heavy atom. The number of anilines is 1. The number of hydrogen-bond donors (Lipinski definition) is 1. The van der Waals surface area contributed by atoms with Gasteiger partial charge in [0.25, 0.3) is 0 Å². The van der Waals surface area contributed by atoms with Crippen molar-refractivity contribution in [1.82, 2.24) is 24.9 Å². The molecule has 0 spiro atoms. The first-order valence-electron chi connectivity index (χ1n) is 7.65. The van der Waals surface area contributed by atoms with Gasteiger partial charge in [0.15, 0.2) is 17.0 Å². The van der Waals surface area contributed by atoms with Crippen molar-refractivity contribution in [3.05, 3.63) is 65.8 Å². The van der Waals surface area contributed by atoms with Gasteiger partial charge in [-0.25, -0.2) is 14.6 Å². The molecule has 1 N–H and O–H groups in total. The Bertz CT molecular complexity index is 960. The third-order valence-corrected chi connectivity index (χ3v) is 3.73. The van der Waals surface area contributed by atoms with Crippen LogP contribution < -0.4 is 5.32 Å². The smallest absolute Gasteiger partial charge is 0.178 e. The van der Waals surface area contributed by atoms with Gasteiger partial charge in [-0.2, -0.15) is 5.10 Å². The maximum Gasteiger partial charge on any atom is 0.178 e. The van der Waals surface area contributed by atoms with Gasteiger partial charge in [-0.3, -0.25) is 0 Å². The fourth-order valence-electron chi connectivity index (χ4n) is 2.59. The monoisotopic (exact) mass is 320 g/mol. The summed E-state index contributed by atoms with van der Waals surface area (Å²) in [5, 5.41) is 11.8. The molecule has 0 aliphatic carbocycles. The molecule has 0 atom stereocenters. The number of hydrogen-bond acceptors (Lipinski definition) is 6. The first-order valence-corrected chi connectivity index (χ1v) is 7.65. The largest absolute Gasteiger partial charge is 0.361 e. The van der Waals surface area contributed by atoms with Crippen LogP contribution in [0.5, 0.6) is 0 Å². The normalized spacial score (nSPS) is 11.0. The van der Waals surface area contributed by atoms with Crippen LogP contribution in [0.1, 0.15) is 17.0 Å². The first kappa shape index (κ1) is 14.4. The first-order chi connectivity index (χ1) is 11.8. The van der Waals surface area contributed by atoms with Crippen LogP contribution in [0, 0.1) is 0 Å². The molecule has 0 aliphatic rings. The van der Waals surface area contributed by atoms with E-state index >= 15 is 0 Å². The number of aryl methyl sites for hydroxylation is 1. The van der Waals surface area contributed by atoms with Crippen molar-refractivity contribution in [2.75, 3.05) is 5.32 Å². The molecular weight excluding hydrogens is 304 g/mol. The molecule has 24 heavy (non-hydrogen) atoms. The SMILES string of the molecule is Cn1nc(NCc2cc(Cc3ccccc3)on2)c2nccnc21. The Kier molecular flexibility index (Phi) is 3.66. The van der Waals surface area contributed by atoms with Gasteiger partial charge in [0.1, 0.15) is 11.5 Å². The van der Waals surface area contributed by atoms with E-state index in [0.29, 0.717) is 12.4 Å². The van der Waals surface area contributed by atoms with E-state index in [1.165, 1.54) is 5.56 Å². The second-order valence-electron chi connectivity index (χ2n) is 5.50. The summed E-state index contributed by atoms with van der Waals surface area (Å²) >= 11 is 0. The Balaban J connectivity index is 1.46. The highest BCUT2D eigenvalue weighted by molar-refractivity contribution is 5.82. The summed E-state index contributed by atoms with van der Waals surface area (Å²) in [6.45, 7) is 0.515. The van der Waals surface area contributed by atoms with E-state index in [1.807, 2.05) is 31.3 Å². The molecule has 4 rings (SSSR count). The minimum atomic E-state index is 0.515. The number of fused-ring (bicyclic) bond motifs is 1. The molecule has 120 valence electrons. The molecule has 1 aromatic carbocycles. The van der Waals surface area contributed by atoms with Crippen LogP contribution in [0.4, 0.5) is 5.82 Å². The summed E-state index contributed by atoms with van der Waals surface area (Å²) in [5.74, 6) is 1.52. The molecule has 0 unspecified atom stereocenters. The maximum absolute atomic E-state index is 5.41. The molecule has 3 heterocycles. The van der Waals surface area contributed by atoms with E-state index < -0.39 is 0 Å². The van der Waals surface area contributed by atoms with Crippen molar-refractivity contribution in [3.8, 4) is 0 Å². The van der Waals surface area contributed by atoms with Crippen molar-refractivity contribution in [1.29, 1.82) is 0 Å². The van der Waals surface area contributed by atoms with E-state index in [-0.39, 0.29) is 0 Å². The highest BCUT2D eigenvalue weighted by atomic mass is 16.5. The Morgan fingerprint density at radius 3 is 2.83 bits per heavy atom. The summed E-state index contributed by atoms with van der Waals surface area (Å²) in [4.78, 5) is 8.59. The van der Waals surface area contributed by atoms with Crippen LogP contribution in [0.15, 0.2) is 53.3 Å². The van der Waals surface area contributed by atoms with Gasteiger partial charge in [0.05, 0.1) is 6.54 Å². The molecule has 0 fully saturated rings. The van der Waals surface area contributed by atoms with Gasteiger partial charge in [0.2, 0.25) is 0 Å². The van der Waals surface area contributed by atoms with Crippen LogP contribution in [0.3, 0.4) is 0 Å². The van der Waals surface area contributed by atoms with Crippen molar-refractivity contribution >= 4 is 17.0 Å². The number of aromatic nitrogens is 5. The van der Waals surface area contributed by atoms with E-state index in [1.54, 1.807) is 17.1 Å². The number of nitrogens with one attached hydrogen (secondary N) is 1. The standard InChI is InChI=1S/C17H16N6O/c1-23-17-15(18-7-8-19-17)16(21-23)20-11-13-10-14(24-22-13)9-12-5-3-2-4-6-12/h2-8,10H,9,11H2,1H3,(H,20,21). The lowest BCUT2D eigenvalue weighted by Gasteiger charge is -1.98. The van der Waals surface area contributed by atoms with Crippen molar-refractivity contribution in [2.45, 2.75) is 13.0 Å². The fraction of sp³-hybridized carbons (Fsp3) is 0.176. The molecule has 0 bridgehead atoms. The molecule has 7 heteroatoms. The highest BCUT2D eigenvalue weighted by Crippen LogP contribution is 2.18. The molecule has 0 saturated carbocycles. The van der Waals surface area contributed by atoms with Crippen molar-refractivity contribution in [3.63, 3.8) is 0 Å². The van der Waals surface area contributed by atoms with Crippen LogP contribution in [0.25, 0.3) is 11.2 Å². The van der Waals surface area contributed by atoms with Gasteiger partial charge in [-0.15, -0.1) is 0 Å². The minimum absolute atomic E-state index is 0.515. The molecular formula is C17H16N6O. The van der Waals surface area contributed by atoms with Crippen LogP contribution in [-0.4, -0.2) is 24.9 Å². The quantitative estimate of drug-likeness (QED) is 0.608. The number of nitrogens with zero attached hydrogens (tertiary/aromatic N) is 5. The predicted octanol–water partition coefficient (Wildman–Crippen LogP) is 2.55. The summed E-state index contributed by atoms with van der Waals surface area (Å²) in [7, 11) is 1.84. The van der Waals surface area contributed by atoms with Gasteiger partial charge < -0.3 is 9.84 Å². The third-order valence-electron chi connectivity index (χ3n) is 3.73. The van der Waals surface area contributed by atoms with Gasteiger partial charge >= 0.3 is 0 Å². The molecule has 7 nitrogen and oxygen atoms in total. The lowest BCUT2D eigenvalue weighted by atomic mass is 10.1.